The Morgan fingerprint density at radius 2 is 2.00 bits per heavy atom. The van der Waals surface area contributed by atoms with Crippen LogP contribution in [0.15, 0.2) is 17.5 Å². The Labute approximate surface area is 126 Å². The maximum Gasteiger partial charge on any atom is 0.305 e. The van der Waals surface area contributed by atoms with E-state index in [4.69, 9.17) is 5.11 Å². The summed E-state index contributed by atoms with van der Waals surface area (Å²) in [6.07, 6.45) is 3.09. The molecule has 0 aliphatic heterocycles. The first-order valence-corrected chi connectivity index (χ1v) is 7.73. The van der Waals surface area contributed by atoms with Gasteiger partial charge in [-0.15, -0.1) is 11.3 Å². The lowest BCUT2D eigenvalue weighted by molar-refractivity contribution is -0.139. The summed E-state index contributed by atoms with van der Waals surface area (Å²) in [6.45, 7) is -0.141. The fourth-order valence-electron chi connectivity index (χ4n) is 2.68. The predicted molar refractivity (Wildman–Crippen MR) is 78.2 cm³/mol. The molecule has 1 aliphatic rings. The minimum absolute atomic E-state index is 0.0718. The van der Waals surface area contributed by atoms with Crippen LogP contribution >= 0.6 is 11.3 Å². The molecule has 1 aromatic rings. The highest BCUT2D eigenvalue weighted by Crippen LogP contribution is 2.32. The zero-order valence-corrected chi connectivity index (χ0v) is 12.4. The van der Waals surface area contributed by atoms with Gasteiger partial charge in [0.2, 0.25) is 5.91 Å². The minimum atomic E-state index is -0.917. The summed E-state index contributed by atoms with van der Waals surface area (Å²) in [4.78, 5) is 35.2. The lowest BCUT2D eigenvalue weighted by atomic mass is 9.93. The summed E-state index contributed by atoms with van der Waals surface area (Å²) in [7, 11) is 0. The highest BCUT2D eigenvalue weighted by molar-refractivity contribution is 7.12. The smallest absolute Gasteiger partial charge is 0.305 e. The molecule has 3 N–H and O–H groups in total. The Hall–Kier alpha value is -1.89. The highest BCUT2D eigenvalue weighted by atomic mass is 32.1. The molecule has 1 saturated carbocycles. The molecule has 1 heterocycles. The summed E-state index contributed by atoms with van der Waals surface area (Å²) < 4.78 is 0. The van der Waals surface area contributed by atoms with Crippen LogP contribution in [0.2, 0.25) is 0 Å². The molecule has 0 radical (unpaired) electrons. The third-order valence-electron chi connectivity index (χ3n) is 3.61. The van der Waals surface area contributed by atoms with Crippen LogP contribution in [-0.2, 0) is 9.59 Å². The van der Waals surface area contributed by atoms with Gasteiger partial charge in [0.25, 0.3) is 5.91 Å². The highest BCUT2D eigenvalue weighted by Gasteiger charge is 2.37. The normalized spacial score (nSPS) is 16.4. The van der Waals surface area contributed by atoms with Crippen LogP contribution in [-0.4, -0.2) is 35.0 Å². The Bertz CT molecular complexity index is 521. The van der Waals surface area contributed by atoms with Gasteiger partial charge in [0.15, 0.2) is 0 Å². The molecule has 6 nitrogen and oxygen atoms in total. The van der Waals surface area contributed by atoms with Crippen LogP contribution in [0.5, 0.6) is 0 Å². The lowest BCUT2D eigenvalue weighted by Gasteiger charge is -2.28. The van der Waals surface area contributed by atoms with Crippen LogP contribution in [0.25, 0.3) is 0 Å². The van der Waals surface area contributed by atoms with Crippen molar-refractivity contribution < 1.29 is 19.5 Å². The third kappa shape index (κ3) is 4.29. The van der Waals surface area contributed by atoms with Gasteiger partial charge in [0, 0.05) is 0 Å². The van der Waals surface area contributed by atoms with Crippen LogP contribution in [0.3, 0.4) is 0 Å². The number of thiophene rings is 1. The van der Waals surface area contributed by atoms with E-state index < -0.39 is 11.5 Å². The zero-order valence-electron chi connectivity index (χ0n) is 11.6. The van der Waals surface area contributed by atoms with E-state index in [-0.39, 0.29) is 24.8 Å². The molecule has 1 aromatic heterocycles. The number of carbonyl (C=O) groups is 3. The molecule has 114 valence electrons. The van der Waals surface area contributed by atoms with Gasteiger partial charge in [-0.3, -0.25) is 14.4 Å². The molecule has 0 saturated heterocycles. The summed E-state index contributed by atoms with van der Waals surface area (Å²) in [5.41, 5.74) is -0.656. The van der Waals surface area contributed by atoms with Crippen molar-refractivity contribution >= 4 is 29.1 Å². The molecule has 0 aromatic carbocycles. The zero-order chi connectivity index (χ0) is 15.3. The van der Waals surface area contributed by atoms with Crippen LogP contribution < -0.4 is 10.6 Å². The van der Waals surface area contributed by atoms with E-state index in [0.717, 1.165) is 12.8 Å². The Balaban J connectivity index is 1.85. The second-order valence-electron chi connectivity index (χ2n) is 5.27. The number of carboxylic acids is 1. The monoisotopic (exact) mass is 310 g/mol. The molecule has 1 aliphatic carbocycles. The van der Waals surface area contributed by atoms with E-state index in [1.54, 1.807) is 17.5 Å². The lowest BCUT2D eigenvalue weighted by Crippen LogP contribution is -2.50. The molecule has 21 heavy (non-hydrogen) atoms. The topological polar surface area (TPSA) is 95.5 Å². The number of amides is 2. The average Bonchev–Trinajstić information content (AvgIpc) is 3.06. The number of carboxylic acid groups (broad SMARTS) is 1. The van der Waals surface area contributed by atoms with Crippen molar-refractivity contribution in [1.82, 2.24) is 10.6 Å². The molecular weight excluding hydrogens is 292 g/mol. The van der Waals surface area contributed by atoms with E-state index >= 15 is 0 Å². The van der Waals surface area contributed by atoms with Crippen molar-refractivity contribution in [2.75, 3.05) is 6.54 Å². The van der Waals surface area contributed by atoms with Gasteiger partial charge in [0.05, 0.1) is 23.4 Å². The maximum absolute atomic E-state index is 11.9. The number of hydrogen-bond donors (Lipinski definition) is 3. The van der Waals surface area contributed by atoms with Crippen molar-refractivity contribution in [1.29, 1.82) is 0 Å². The van der Waals surface area contributed by atoms with E-state index in [2.05, 4.69) is 10.6 Å². The Kier molecular flexibility index (Phi) is 4.95. The molecular formula is C14H18N2O4S. The minimum Gasteiger partial charge on any atom is -0.481 e. The second kappa shape index (κ2) is 6.71. The second-order valence-corrected chi connectivity index (χ2v) is 6.21. The van der Waals surface area contributed by atoms with Crippen LogP contribution in [0, 0.1) is 0 Å². The Morgan fingerprint density at radius 3 is 2.57 bits per heavy atom. The molecule has 0 unspecified atom stereocenters. The number of rotatable bonds is 6. The quantitative estimate of drug-likeness (QED) is 0.739. The van der Waals surface area contributed by atoms with E-state index in [1.807, 2.05) is 0 Å². The van der Waals surface area contributed by atoms with Gasteiger partial charge < -0.3 is 15.7 Å². The molecule has 0 spiro atoms. The van der Waals surface area contributed by atoms with Gasteiger partial charge >= 0.3 is 5.97 Å². The van der Waals surface area contributed by atoms with E-state index in [1.165, 1.54) is 11.3 Å². The van der Waals surface area contributed by atoms with Gasteiger partial charge in [-0.25, -0.2) is 0 Å². The van der Waals surface area contributed by atoms with Crippen molar-refractivity contribution in [3.05, 3.63) is 22.4 Å². The standard InChI is InChI=1S/C14H18N2O4S/c17-11(9-15-13(20)10-4-3-7-21-10)16-14(8-12(18)19)5-1-2-6-14/h3-4,7H,1-2,5-6,8-9H2,(H,15,20)(H,16,17)(H,18,19). The third-order valence-corrected chi connectivity index (χ3v) is 4.48. The molecule has 0 bridgehead atoms. The summed E-state index contributed by atoms with van der Waals surface area (Å²) in [5, 5.41) is 16.1. The van der Waals surface area contributed by atoms with Crippen molar-refractivity contribution in [3.63, 3.8) is 0 Å². The predicted octanol–water partition coefficient (Wildman–Crippen LogP) is 1.38. The van der Waals surface area contributed by atoms with Gasteiger partial charge in [-0.05, 0) is 24.3 Å². The molecule has 2 amide bonds. The summed E-state index contributed by atoms with van der Waals surface area (Å²) >= 11 is 1.30. The number of carbonyl (C=O) groups excluding carboxylic acids is 2. The van der Waals surface area contributed by atoms with Gasteiger partial charge in [-0.1, -0.05) is 18.9 Å². The van der Waals surface area contributed by atoms with Crippen molar-refractivity contribution in [2.24, 2.45) is 0 Å². The Morgan fingerprint density at radius 1 is 1.29 bits per heavy atom. The van der Waals surface area contributed by atoms with Crippen molar-refractivity contribution in [2.45, 2.75) is 37.6 Å². The van der Waals surface area contributed by atoms with Crippen molar-refractivity contribution in [3.8, 4) is 0 Å². The first-order valence-electron chi connectivity index (χ1n) is 6.85. The average molecular weight is 310 g/mol. The fourth-order valence-corrected chi connectivity index (χ4v) is 3.32. The molecule has 1 fully saturated rings. The van der Waals surface area contributed by atoms with Crippen LogP contribution in [0.1, 0.15) is 41.8 Å². The largest absolute Gasteiger partial charge is 0.481 e. The fraction of sp³-hybridized carbons (Fsp3) is 0.500. The molecule has 2 rings (SSSR count). The number of hydrogen-bond acceptors (Lipinski definition) is 4. The SMILES string of the molecule is O=C(O)CC1(NC(=O)CNC(=O)c2cccs2)CCCC1. The van der Waals surface area contributed by atoms with E-state index in [9.17, 15) is 14.4 Å². The van der Waals surface area contributed by atoms with Gasteiger partial charge in [0.1, 0.15) is 0 Å². The first-order chi connectivity index (χ1) is 10.0. The maximum atomic E-state index is 11.9. The van der Waals surface area contributed by atoms with Crippen LogP contribution in [0.4, 0.5) is 0 Å². The van der Waals surface area contributed by atoms with Gasteiger partial charge in [-0.2, -0.15) is 0 Å². The van der Waals surface area contributed by atoms with E-state index in [0.29, 0.717) is 17.7 Å². The number of nitrogens with one attached hydrogen (secondary N) is 2. The number of aliphatic carboxylic acids is 1. The summed E-state index contributed by atoms with van der Waals surface area (Å²) in [5.74, 6) is -1.55. The molecule has 0 atom stereocenters. The summed E-state index contributed by atoms with van der Waals surface area (Å²) in [6, 6.07) is 3.45. The first kappa shape index (κ1) is 15.5. The molecule has 7 heteroatoms.